The van der Waals surface area contributed by atoms with Crippen LogP contribution in [0.5, 0.6) is 0 Å². The highest BCUT2D eigenvalue weighted by Crippen LogP contribution is 2.33. The van der Waals surface area contributed by atoms with Crippen LogP contribution in [0.3, 0.4) is 0 Å². The zero-order chi connectivity index (χ0) is 51.3. The van der Waals surface area contributed by atoms with Crippen molar-refractivity contribution >= 4 is 23.2 Å². The zero-order valence-electron chi connectivity index (χ0n) is 40.3. The third kappa shape index (κ3) is 16.5. The van der Waals surface area contributed by atoms with Crippen LogP contribution in [0.15, 0.2) is 109 Å². The standard InChI is InChI=1S/C28H32F3N5O.C26H28F3N5O.2CH4/c1-2-35-13-15-36(16-14-35)23-10-7-20(8-11-23)17-27-33-19-24(28(29,30)31)25(34-27)12-9-21-5-3-4-6-22(21)18-26(32)37;27-26(28,29)22-17-32-25(15-18-5-8-21(9-6-18)34-13-11-31-12-14-34)33-23(22)10-7-19-3-1-2-4-20(19)16-24(30)35;;/h3-8,10-11,19H,2,9,12-18H2,1H3,(H2,32,37);1-6,8-9,17,31H,7,10-16H2,(H2,30,35);2*1H4. The van der Waals surface area contributed by atoms with E-state index in [1.165, 1.54) is 0 Å². The molecule has 2 aliphatic heterocycles. The van der Waals surface area contributed by atoms with Gasteiger partial charge in [0.1, 0.15) is 11.6 Å². The summed E-state index contributed by atoms with van der Waals surface area (Å²) in [7, 11) is 0. The summed E-state index contributed by atoms with van der Waals surface area (Å²) in [6.45, 7) is 11.0. The Morgan fingerprint density at radius 1 is 0.541 bits per heavy atom. The van der Waals surface area contributed by atoms with E-state index < -0.39 is 35.3 Å². The molecule has 0 atom stereocenters. The third-order valence-corrected chi connectivity index (χ3v) is 12.9. The summed E-state index contributed by atoms with van der Waals surface area (Å²) in [5.74, 6) is -0.284. The lowest BCUT2D eigenvalue weighted by molar-refractivity contribution is -0.139. The zero-order valence-corrected chi connectivity index (χ0v) is 40.3. The van der Waals surface area contributed by atoms with Crippen molar-refractivity contribution in [1.29, 1.82) is 0 Å². The Hall–Kier alpha value is -6.92. The number of hydrogen-bond acceptors (Lipinski definition) is 10. The fraction of sp³-hybridized carbons (Fsp3) is 0.393. The molecule has 0 radical (unpaired) electrons. The first-order valence-electron chi connectivity index (χ1n) is 24.2. The molecule has 8 rings (SSSR count). The third-order valence-electron chi connectivity index (χ3n) is 12.9. The van der Waals surface area contributed by atoms with Gasteiger partial charge >= 0.3 is 12.4 Å². The number of carbonyl (C=O) groups excluding carboxylic acids is 2. The molecule has 0 unspecified atom stereocenters. The number of nitrogens with two attached hydrogens (primary N) is 2. The minimum atomic E-state index is -4.55. The van der Waals surface area contributed by atoms with Gasteiger partial charge in [0.15, 0.2) is 0 Å². The van der Waals surface area contributed by atoms with Gasteiger partial charge in [0, 0.05) is 89.0 Å². The van der Waals surface area contributed by atoms with Crippen molar-refractivity contribution in [2.24, 2.45) is 11.5 Å². The smallest absolute Gasteiger partial charge is 0.369 e. The fourth-order valence-corrected chi connectivity index (χ4v) is 9.03. The molecular formula is C56H68F6N10O2. The molecule has 396 valence electrons. The number of alkyl halides is 6. The molecule has 2 aliphatic rings. The number of benzene rings is 4. The number of hydrogen-bond donors (Lipinski definition) is 3. The number of halogens is 6. The number of amides is 2. The summed E-state index contributed by atoms with van der Waals surface area (Å²) in [4.78, 5) is 46.5. The lowest BCUT2D eigenvalue weighted by Crippen LogP contribution is -2.46. The number of likely N-dealkylation sites (N-methyl/N-ethyl adjacent to an activating group) is 1. The van der Waals surface area contributed by atoms with Crippen LogP contribution >= 0.6 is 0 Å². The number of anilines is 2. The second-order valence-corrected chi connectivity index (χ2v) is 18.0. The maximum Gasteiger partial charge on any atom is 0.419 e. The highest BCUT2D eigenvalue weighted by atomic mass is 19.4. The maximum absolute atomic E-state index is 13.7. The molecule has 0 bridgehead atoms. The van der Waals surface area contributed by atoms with E-state index in [9.17, 15) is 35.9 Å². The Bertz CT molecular complexity index is 2740. The van der Waals surface area contributed by atoms with E-state index in [2.05, 4.69) is 59.0 Å². The minimum absolute atomic E-state index is 0. The number of piperazine rings is 2. The molecule has 0 saturated carbocycles. The summed E-state index contributed by atoms with van der Waals surface area (Å²) in [5, 5.41) is 3.32. The minimum Gasteiger partial charge on any atom is -0.369 e. The Balaban J connectivity index is 0.000000267. The van der Waals surface area contributed by atoms with E-state index in [0.717, 1.165) is 105 Å². The van der Waals surface area contributed by atoms with Crippen molar-refractivity contribution < 1.29 is 35.9 Å². The van der Waals surface area contributed by atoms with E-state index in [-0.39, 0.29) is 51.9 Å². The van der Waals surface area contributed by atoms with E-state index in [0.29, 0.717) is 48.5 Å². The SMILES string of the molecule is C.C.CCN1CCN(c2ccc(Cc3ncc(C(F)(F)F)c(CCc4ccccc4CC(N)=O)n3)cc2)CC1.NC(=O)Cc1ccccc1CCc1nc(Cc2ccc(N3CCNCC3)cc2)ncc1C(F)(F)F. The van der Waals surface area contributed by atoms with E-state index >= 15 is 0 Å². The van der Waals surface area contributed by atoms with E-state index in [1.807, 2.05) is 36.4 Å². The number of nitrogens with one attached hydrogen (secondary N) is 1. The van der Waals surface area contributed by atoms with Gasteiger partial charge in [-0.05, 0) is 89.9 Å². The van der Waals surface area contributed by atoms with Gasteiger partial charge in [-0.15, -0.1) is 0 Å². The monoisotopic (exact) mass is 1030 g/mol. The predicted octanol–water partition coefficient (Wildman–Crippen LogP) is 8.62. The molecule has 4 aromatic carbocycles. The lowest BCUT2D eigenvalue weighted by Gasteiger charge is -2.35. The average molecular weight is 1030 g/mol. The largest absolute Gasteiger partial charge is 0.419 e. The molecule has 2 aromatic heterocycles. The number of carbonyl (C=O) groups is 2. The summed E-state index contributed by atoms with van der Waals surface area (Å²) in [6, 6.07) is 30.4. The molecule has 2 fully saturated rings. The quantitative estimate of drug-likeness (QED) is 0.0756. The molecule has 4 heterocycles. The Kier molecular flexibility index (Phi) is 21.0. The van der Waals surface area contributed by atoms with Crippen molar-refractivity contribution in [1.82, 2.24) is 30.2 Å². The van der Waals surface area contributed by atoms with E-state index in [4.69, 9.17) is 11.5 Å². The van der Waals surface area contributed by atoms with Crippen LogP contribution in [0, 0.1) is 0 Å². The van der Waals surface area contributed by atoms with Crippen molar-refractivity contribution in [2.75, 3.05) is 68.7 Å². The average Bonchev–Trinajstić information content (AvgIpc) is 3.36. The number of primary amides is 2. The molecule has 5 N–H and O–H groups in total. The van der Waals surface area contributed by atoms with Crippen LogP contribution in [0.25, 0.3) is 0 Å². The van der Waals surface area contributed by atoms with Crippen LogP contribution in [0.2, 0.25) is 0 Å². The van der Waals surface area contributed by atoms with Gasteiger partial charge in [0.05, 0.1) is 35.4 Å². The fourth-order valence-electron chi connectivity index (χ4n) is 9.03. The Labute approximate surface area is 430 Å². The molecule has 12 nitrogen and oxygen atoms in total. The second-order valence-electron chi connectivity index (χ2n) is 18.0. The normalized spacial score (nSPS) is 14.0. The Morgan fingerprint density at radius 3 is 1.28 bits per heavy atom. The van der Waals surface area contributed by atoms with Gasteiger partial charge < -0.3 is 31.5 Å². The summed E-state index contributed by atoms with van der Waals surface area (Å²) in [6.07, 6.45) is -5.82. The van der Waals surface area contributed by atoms with Crippen LogP contribution in [0.4, 0.5) is 37.7 Å². The predicted molar refractivity (Wildman–Crippen MR) is 279 cm³/mol. The molecule has 0 spiro atoms. The molecule has 2 amide bonds. The van der Waals surface area contributed by atoms with Gasteiger partial charge in [-0.2, -0.15) is 26.3 Å². The topological polar surface area (TPSA) is 159 Å². The summed E-state index contributed by atoms with van der Waals surface area (Å²) >= 11 is 0. The number of aryl methyl sites for hydroxylation is 4. The second kappa shape index (κ2) is 26.9. The lowest BCUT2D eigenvalue weighted by atomic mass is 9.98. The van der Waals surface area contributed by atoms with Crippen LogP contribution in [0.1, 0.15) is 89.3 Å². The summed E-state index contributed by atoms with van der Waals surface area (Å²) < 4.78 is 82.1. The number of nitrogens with zero attached hydrogens (tertiary/aromatic N) is 7. The Morgan fingerprint density at radius 2 is 0.919 bits per heavy atom. The molecule has 2 saturated heterocycles. The number of aromatic nitrogens is 4. The molecule has 0 aliphatic carbocycles. The van der Waals surface area contributed by atoms with Crippen molar-refractivity contribution in [3.63, 3.8) is 0 Å². The highest BCUT2D eigenvalue weighted by molar-refractivity contribution is 5.77. The van der Waals surface area contributed by atoms with E-state index in [1.54, 1.807) is 48.5 Å². The maximum atomic E-state index is 13.7. The van der Waals surface area contributed by atoms with Gasteiger partial charge in [0.25, 0.3) is 0 Å². The first kappa shape index (κ1) is 58.0. The van der Waals surface area contributed by atoms with Crippen LogP contribution in [-0.2, 0) is 73.3 Å². The van der Waals surface area contributed by atoms with Gasteiger partial charge in [-0.25, -0.2) is 19.9 Å². The van der Waals surface area contributed by atoms with Crippen LogP contribution in [-0.4, -0.2) is 95.6 Å². The number of rotatable bonds is 17. The van der Waals surface area contributed by atoms with Crippen molar-refractivity contribution in [3.05, 3.63) is 177 Å². The van der Waals surface area contributed by atoms with Crippen LogP contribution < -0.4 is 26.6 Å². The van der Waals surface area contributed by atoms with Gasteiger partial charge in [0.2, 0.25) is 11.8 Å². The molecular weight excluding hydrogens is 959 g/mol. The van der Waals surface area contributed by atoms with Crippen molar-refractivity contribution in [3.8, 4) is 0 Å². The first-order valence-corrected chi connectivity index (χ1v) is 24.2. The molecule has 18 heteroatoms. The van der Waals surface area contributed by atoms with Gasteiger partial charge in [-0.3, -0.25) is 9.59 Å². The molecule has 6 aromatic rings. The summed E-state index contributed by atoms with van der Waals surface area (Å²) in [5.41, 5.74) is 16.0. The molecule has 74 heavy (non-hydrogen) atoms. The first-order chi connectivity index (χ1) is 34.5. The van der Waals surface area contributed by atoms with Crippen molar-refractivity contribution in [2.45, 2.75) is 85.5 Å². The highest BCUT2D eigenvalue weighted by Gasteiger charge is 2.36. The van der Waals surface area contributed by atoms with Gasteiger partial charge in [-0.1, -0.05) is 94.6 Å².